The van der Waals surface area contributed by atoms with E-state index in [4.69, 9.17) is 16.7 Å². The molecule has 1 atom stereocenters. The molecule has 1 unspecified atom stereocenters. The van der Waals surface area contributed by atoms with E-state index in [1.54, 1.807) is 12.1 Å². The second kappa shape index (κ2) is 8.43. The van der Waals surface area contributed by atoms with Gasteiger partial charge in [-0.1, -0.05) is 37.1 Å². The van der Waals surface area contributed by atoms with Crippen LogP contribution in [0.3, 0.4) is 0 Å². The van der Waals surface area contributed by atoms with Crippen LogP contribution < -0.4 is 10.6 Å². The summed E-state index contributed by atoms with van der Waals surface area (Å²) in [7, 11) is 0. The first-order valence-corrected chi connectivity index (χ1v) is 6.89. The lowest BCUT2D eigenvalue weighted by Gasteiger charge is -2.16. The quantitative estimate of drug-likeness (QED) is 0.724. The number of rotatable bonds is 7. The zero-order chi connectivity index (χ0) is 15.0. The van der Waals surface area contributed by atoms with Crippen molar-refractivity contribution in [2.24, 2.45) is 0 Å². The number of amides is 2. The molecule has 0 bridgehead atoms. The number of nitrogens with one attached hydrogen (secondary N) is 2. The summed E-state index contributed by atoms with van der Waals surface area (Å²) in [5, 5.41) is 14.7. The first-order valence-electron chi connectivity index (χ1n) is 6.52. The summed E-state index contributed by atoms with van der Waals surface area (Å²) in [6, 6.07) is 6.47. The zero-order valence-electron chi connectivity index (χ0n) is 11.4. The van der Waals surface area contributed by atoms with Crippen LogP contribution in [-0.2, 0) is 11.3 Å². The van der Waals surface area contributed by atoms with Crippen molar-refractivity contribution in [3.05, 3.63) is 34.9 Å². The third kappa shape index (κ3) is 6.43. The maximum atomic E-state index is 11.7. The van der Waals surface area contributed by atoms with E-state index in [9.17, 15) is 9.59 Å². The maximum Gasteiger partial charge on any atom is 0.315 e. The number of carboxylic acid groups (broad SMARTS) is 1. The van der Waals surface area contributed by atoms with Gasteiger partial charge in [-0.15, -0.1) is 0 Å². The number of halogens is 1. The van der Waals surface area contributed by atoms with E-state index in [-0.39, 0.29) is 18.5 Å². The second-order valence-corrected chi connectivity index (χ2v) is 4.98. The summed E-state index contributed by atoms with van der Waals surface area (Å²) >= 11 is 5.85. The number of aliphatic carboxylic acids is 1. The smallest absolute Gasteiger partial charge is 0.315 e. The van der Waals surface area contributed by atoms with E-state index < -0.39 is 5.97 Å². The Morgan fingerprint density at radius 2 is 2.15 bits per heavy atom. The van der Waals surface area contributed by atoms with Gasteiger partial charge in [0.25, 0.3) is 0 Å². The van der Waals surface area contributed by atoms with Crippen LogP contribution in [0.15, 0.2) is 24.3 Å². The Morgan fingerprint density at radius 3 is 2.75 bits per heavy atom. The minimum absolute atomic E-state index is 0.0710. The summed E-state index contributed by atoms with van der Waals surface area (Å²) in [4.78, 5) is 22.4. The van der Waals surface area contributed by atoms with Gasteiger partial charge in [-0.25, -0.2) is 4.79 Å². The number of benzene rings is 1. The van der Waals surface area contributed by atoms with Gasteiger partial charge in [0.15, 0.2) is 0 Å². The van der Waals surface area contributed by atoms with Crippen LogP contribution in [0.5, 0.6) is 0 Å². The summed E-state index contributed by atoms with van der Waals surface area (Å²) in [6.45, 7) is 2.29. The number of hydrogen-bond donors (Lipinski definition) is 3. The molecular weight excluding hydrogens is 280 g/mol. The van der Waals surface area contributed by atoms with Gasteiger partial charge < -0.3 is 15.7 Å². The van der Waals surface area contributed by atoms with E-state index in [1.165, 1.54) is 0 Å². The van der Waals surface area contributed by atoms with Gasteiger partial charge in [0, 0.05) is 17.6 Å². The molecule has 1 rings (SSSR count). The molecule has 1 aromatic carbocycles. The van der Waals surface area contributed by atoms with Crippen molar-refractivity contribution < 1.29 is 14.7 Å². The topological polar surface area (TPSA) is 78.4 Å². The van der Waals surface area contributed by atoms with E-state index in [0.717, 1.165) is 12.0 Å². The molecule has 0 aliphatic carbocycles. The van der Waals surface area contributed by atoms with Crippen LogP contribution >= 0.6 is 11.6 Å². The average molecular weight is 299 g/mol. The number of hydrogen-bond acceptors (Lipinski definition) is 2. The molecule has 0 aliphatic heterocycles. The van der Waals surface area contributed by atoms with Crippen LogP contribution in [0.4, 0.5) is 4.79 Å². The summed E-state index contributed by atoms with van der Waals surface area (Å²) < 4.78 is 0. The highest BCUT2D eigenvalue weighted by molar-refractivity contribution is 6.30. The minimum Gasteiger partial charge on any atom is -0.481 e. The van der Waals surface area contributed by atoms with Crippen LogP contribution in [0.1, 0.15) is 31.7 Å². The second-order valence-electron chi connectivity index (χ2n) is 4.54. The molecule has 0 spiro atoms. The molecule has 0 aliphatic rings. The SMILES string of the molecule is CCCC(CC(=O)O)NC(=O)NCc1cccc(Cl)c1. The first-order chi connectivity index (χ1) is 9.51. The molecule has 2 amide bonds. The molecule has 1 aromatic rings. The number of carboxylic acids is 1. The van der Waals surface area contributed by atoms with E-state index >= 15 is 0 Å². The lowest BCUT2D eigenvalue weighted by molar-refractivity contribution is -0.137. The zero-order valence-corrected chi connectivity index (χ0v) is 12.1. The number of carbonyl (C=O) groups excluding carboxylic acids is 1. The first kappa shape index (κ1) is 16.3. The number of carbonyl (C=O) groups is 2. The molecule has 0 radical (unpaired) electrons. The van der Waals surface area contributed by atoms with Gasteiger partial charge in [-0.3, -0.25) is 4.79 Å². The Labute approximate surface area is 123 Å². The van der Waals surface area contributed by atoms with Gasteiger partial charge in [-0.2, -0.15) is 0 Å². The lowest BCUT2D eigenvalue weighted by atomic mass is 10.1. The van der Waals surface area contributed by atoms with E-state index in [2.05, 4.69) is 10.6 Å². The normalized spacial score (nSPS) is 11.7. The Kier molecular flexibility index (Phi) is 6.87. The molecule has 0 aromatic heterocycles. The molecular formula is C14H19ClN2O3. The summed E-state index contributed by atoms with van der Waals surface area (Å²) in [5.41, 5.74) is 0.887. The molecule has 110 valence electrons. The molecule has 0 heterocycles. The predicted octanol–water partition coefficient (Wildman–Crippen LogP) is 2.78. The van der Waals surface area contributed by atoms with Gasteiger partial charge in [0.05, 0.1) is 6.42 Å². The van der Waals surface area contributed by atoms with Crippen LogP contribution in [0, 0.1) is 0 Å². The van der Waals surface area contributed by atoms with E-state index in [0.29, 0.717) is 18.0 Å². The van der Waals surface area contributed by atoms with E-state index in [1.807, 2.05) is 19.1 Å². The maximum absolute atomic E-state index is 11.7. The molecule has 0 saturated heterocycles. The van der Waals surface area contributed by atoms with Gasteiger partial charge in [0.1, 0.15) is 0 Å². The highest BCUT2D eigenvalue weighted by Gasteiger charge is 2.14. The van der Waals surface area contributed by atoms with Gasteiger partial charge in [-0.05, 0) is 24.1 Å². The van der Waals surface area contributed by atoms with Crippen molar-refractivity contribution in [3.8, 4) is 0 Å². The Balaban J connectivity index is 2.43. The predicted molar refractivity (Wildman–Crippen MR) is 77.8 cm³/mol. The largest absolute Gasteiger partial charge is 0.481 e. The van der Waals surface area contributed by atoms with Gasteiger partial charge >= 0.3 is 12.0 Å². The Bertz CT molecular complexity index is 465. The molecule has 3 N–H and O–H groups in total. The average Bonchev–Trinajstić information content (AvgIpc) is 2.36. The fraction of sp³-hybridized carbons (Fsp3) is 0.429. The fourth-order valence-corrected chi connectivity index (χ4v) is 2.06. The fourth-order valence-electron chi connectivity index (χ4n) is 1.85. The minimum atomic E-state index is -0.918. The third-order valence-corrected chi connectivity index (χ3v) is 2.97. The molecule has 6 heteroatoms. The van der Waals surface area contributed by atoms with Crippen molar-refractivity contribution in [1.82, 2.24) is 10.6 Å². The summed E-state index contributed by atoms with van der Waals surface area (Å²) in [5.74, 6) is -0.918. The van der Waals surface area contributed by atoms with Crippen LogP contribution in [0.25, 0.3) is 0 Å². The molecule has 0 fully saturated rings. The molecule has 5 nitrogen and oxygen atoms in total. The lowest BCUT2D eigenvalue weighted by Crippen LogP contribution is -2.42. The third-order valence-electron chi connectivity index (χ3n) is 2.74. The standard InChI is InChI=1S/C14H19ClN2O3/c1-2-4-12(8-13(18)19)17-14(20)16-9-10-5-3-6-11(15)7-10/h3,5-7,12H,2,4,8-9H2,1H3,(H,18,19)(H2,16,17,20). The Morgan fingerprint density at radius 1 is 1.40 bits per heavy atom. The van der Waals surface area contributed by atoms with Crippen LogP contribution in [0.2, 0.25) is 5.02 Å². The van der Waals surface area contributed by atoms with Crippen molar-refractivity contribution in [2.75, 3.05) is 0 Å². The van der Waals surface area contributed by atoms with Crippen molar-refractivity contribution >= 4 is 23.6 Å². The highest BCUT2D eigenvalue weighted by Crippen LogP contribution is 2.10. The van der Waals surface area contributed by atoms with Gasteiger partial charge in [0.2, 0.25) is 0 Å². The Hall–Kier alpha value is -1.75. The number of urea groups is 1. The highest BCUT2D eigenvalue weighted by atomic mass is 35.5. The van der Waals surface area contributed by atoms with Crippen molar-refractivity contribution in [1.29, 1.82) is 0 Å². The summed E-state index contributed by atoms with van der Waals surface area (Å²) in [6.07, 6.45) is 1.38. The molecule has 20 heavy (non-hydrogen) atoms. The monoisotopic (exact) mass is 298 g/mol. The van der Waals surface area contributed by atoms with Crippen molar-refractivity contribution in [2.45, 2.75) is 38.8 Å². The van der Waals surface area contributed by atoms with Crippen LogP contribution in [-0.4, -0.2) is 23.1 Å². The van der Waals surface area contributed by atoms with Crippen molar-refractivity contribution in [3.63, 3.8) is 0 Å². The molecule has 0 saturated carbocycles.